The number of anilines is 1. The van der Waals surface area contributed by atoms with Crippen molar-refractivity contribution >= 4 is 17.5 Å². The Balaban J connectivity index is 1.68. The Hall–Kier alpha value is -2.86. The van der Waals surface area contributed by atoms with E-state index in [9.17, 15) is 9.59 Å². The van der Waals surface area contributed by atoms with Crippen molar-refractivity contribution in [2.45, 2.75) is 45.3 Å². The third-order valence-electron chi connectivity index (χ3n) is 5.53. The van der Waals surface area contributed by atoms with Crippen molar-refractivity contribution in [2.75, 3.05) is 12.4 Å². The summed E-state index contributed by atoms with van der Waals surface area (Å²) in [6.45, 7) is 4.63. The molecule has 0 aliphatic carbocycles. The average Bonchev–Trinajstić information content (AvgIpc) is 2.76. The Morgan fingerprint density at radius 1 is 1.17 bits per heavy atom. The van der Waals surface area contributed by atoms with Crippen LogP contribution < -0.4 is 20.7 Å². The summed E-state index contributed by atoms with van der Waals surface area (Å²) in [6, 6.07) is 14.3. The van der Waals surface area contributed by atoms with Gasteiger partial charge in [-0.1, -0.05) is 50.6 Å². The normalized spacial score (nSPS) is 17.6. The molecule has 3 atom stereocenters. The average molecular weight is 396 g/mol. The molecule has 0 spiro atoms. The molecule has 0 aromatic heterocycles. The van der Waals surface area contributed by atoms with Crippen LogP contribution in [-0.2, 0) is 22.6 Å². The summed E-state index contributed by atoms with van der Waals surface area (Å²) in [4.78, 5) is 25.9. The highest BCUT2D eigenvalue weighted by atomic mass is 16.5. The van der Waals surface area contributed by atoms with Gasteiger partial charge >= 0.3 is 0 Å². The van der Waals surface area contributed by atoms with Crippen LogP contribution >= 0.6 is 0 Å². The molecular formula is C23H29N3O3. The molecule has 2 amide bonds. The van der Waals surface area contributed by atoms with E-state index >= 15 is 0 Å². The van der Waals surface area contributed by atoms with Gasteiger partial charge in [-0.15, -0.1) is 0 Å². The number of methoxy groups -OCH3 is 1. The second kappa shape index (κ2) is 9.56. The maximum Gasteiger partial charge on any atom is 0.247 e. The molecule has 0 saturated carbocycles. The molecule has 0 fully saturated rings. The van der Waals surface area contributed by atoms with Crippen molar-refractivity contribution in [3.05, 3.63) is 59.7 Å². The zero-order valence-corrected chi connectivity index (χ0v) is 17.2. The van der Waals surface area contributed by atoms with E-state index < -0.39 is 6.04 Å². The van der Waals surface area contributed by atoms with Crippen molar-refractivity contribution < 1.29 is 14.3 Å². The highest BCUT2D eigenvalue weighted by molar-refractivity contribution is 5.98. The Morgan fingerprint density at radius 3 is 2.66 bits per heavy atom. The van der Waals surface area contributed by atoms with Crippen molar-refractivity contribution in [2.24, 2.45) is 5.92 Å². The van der Waals surface area contributed by atoms with E-state index in [-0.39, 0.29) is 23.8 Å². The minimum Gasteiger partial charge on any atom is -0.497 e. The van der Waals surface area contributed by atoms with E-state index in [0.29, 0.717) is 24.4 Å². The number of benzene rings is 2. The first-order valence-electron chi connectivity index (χ1n) is 10.1. The predicted octanol–water partition coefficient (Wildman–Crippen LogP) is 2.88. The van der Waals surface area contributed by atoms with Gasteiger partial charge in [-0.2, -0.15) is 0 Å². The summed E-state index contributed by atoms with van der Waals surface area (Å²) in [5.74, 6) is 0.292. The molecule has 6 nitrogen and oxygen atoms in total. The SMILES string of the molecule is CCC(C)[C@H](NC(=O)[C@@H]1Cc2ccccc2CN1)C(=O)Nc1cccc(OC)c1. The molecule has 2 aromatic carbocycles. The van der Waals surface area contributed by atoms with Crippen LogP contribution in [-0.4, -0.2) is 31.0 Å². The van der Waals surface area contributed by atoms with Gasteiger partial charge in [0.2, 0.25) is 11.8 Å². The number of fused-ring (bicyclic) bond motifs is 1. The zero-order valence-electron chi connectivity index (χ0n) is 17.2. The molecule has 3 N–H and O–H groups in total. The Bertz CT molecular complexity index is 868. The van der Waals surface area contributed by atoms with Gasteiger partial charge in [-0.3, -0.25) is 9.59 Å². The van der Waals surface area contributed by atoms with Crippen molar-refractivity contribution in [3.8, 4) is 5.75 Å². The van der Waals surface area contributed by atoms with Crippen molar-refractivity contribution in [1.29, 1.82) is 0 Å². The quantitative estimate of drug-likeness (QED) is 0.674. The number of nitrogens with one attached hydrogen (secondary N) is 3. The molecule has 3 rings (SSSR count). The van der Waals surface area contributed by atoms with Gasteiger partial charge in [0, 0.05) is 18.3 Å². The predicted molar refractivity (Wildman–Crippen MR) is 114 cm³/mol. The number of carbonyl (C=O) groups excluding carboxylic acids is 2. The molecule has 0 radical (unpaired) electrons. The van der Waals surface area contributed by atoms with Gasteiger partial charge in [0.05, 0.1) is 13.2 Å². The lowest BCUT2D eigenvalue weighted by atomic mass is 9.94. The highest BCUT2D eigenvalue weighted by Crippen LogP contribution is 2.19. The van der Waals surface area contributed by atoms with Gasteiger partial charge in [0.1, 0.15) is 11.8 Å². The molecule has 0 bridgehead atoms. The fourth-order valence-corrected chi connectivity index (χ4v) is 3.52. The molecule has 1 aliphatic rings. The van der Waals surface area contributed by atoms with Gasteiger partial charge < -0.3 is 20.7 Å². The molecule has 6 heteroatoms. The topological polar surface area (TPSA) is 79.5 Å². The first-order chi connectivity index (χ1) is 14.0. The third-order valence-corrected chi connectivity index (χ3v) is 5.53. The molecule has 2 aromatic rings. The van der Waals surface area contributed by atoms with Crippen LogP contribution in [0.4, 0.5) is 5.69 Å². The first-order valence-corrected chi connectivity index (χ1v) is 10.1. The Kier molecular flexibility index (Phi) is 6.88. The zero-order chi connectivity index (χ0) is 20.8. The van der Waals surface area contributed by atoms with E-state index in [4.69, 9.17) is 4.74 Å². The third kappa shape index (κ3) is 5.15. The van der Waals surface area contributed by atoms with Crippen molar-refractivity contribution in [3.63, 3.8) is 0 Å². The van der Waals surface area contributed by atoms with Crippen LogP contribution in [0.2, 0.25) is 0 Å². The van der Waals surface area contributed by atoms with E-state index in [0.717, 1.165) is 6.42 Å². The van der Waals surface area contributed by atoms with Crippen molar-refractivity contribution in [1.82, 2.24) is 10.6 Å². The lowest BCUT2D eigenvalue weighted by Gasteiger charge is -2.29. The summed E-state index contributed by atoms with van der Waals surface area (Å²) < 4.78 is 5.21. The van der Waals surface area contributed by atoms with Crippen LogP contribution in [0.3, 0.4) is 0 Å². The van der Waals surface area contributed by atoms with Crippen LogP contribution in [0, 0.1) is 5.92 Å². The smallest absolute Gasteiger partial charge is 0.247 e. The minimum absolute atomic E-state index is 0.000402. The lowest BCUT2D eigenvalue weighted by Crippen LogP contribution is -2.55. The first kappa shape index (κ1) is 20.9. The number of amides is 2. The fourth-order valence-electron chi connectivity index (χ4n) is 3.52. The van der Waals surface area contributed by atoms with Crippen LogP contribution in [0.15, 0.2) is 48.5 Å². The number of rotatable bonds is 7. The summed E-state index contributed by atoms with van der Waals surface area (Å²) in [5, 5.41) is 9.15. The largest absolute Gasteiger partial charge is 0.497 e. The number of carbonyl (C=O) groups is 2. The molecule has 1 heterocycles. The van der Waals surface area contributed by atoms with Gasteiger partial charge in [-0.25, -0.2) is 0 Å². The lowest BCUT2D eigenvalue weighted by molar-refractivity contribution is -0.129. The van der Waals surface area contributed by atoms with Crippen LogP contribution in [0.5, 0.6) is 5.75 Å². The maximum atomic E-state index is 12.9. The monoisotopic (exact) mass is 395 g/mol. The number of hydrogen-bond donors (Lipinski definition) is 3. The molecule has 154 valence electrons. The Morgan fingerprint density at radius 2 is 1.93 bits per heavy atom. The minimum atomic E-state index is -0.613. The summed E-state index contributed by atoms with van der Waals surface area (Å²) >= 11 is 0. The second-order valence-corrected chi connectivity index (χ2v) is 7.50. The molecule has 1 unspecified atom stereocenters. The van der Waals surface area contributed by atoms with Crippen LogP contribution in [0.25, 0.3) is 0 Å². The molecular weight excluding hydrogens is 366 g/mol. The molecule has 1 aliphatic heterocycles. The van der Waals surface area contributed by atoms with E-state index in [1.165, 1.54) is 11.1 Å². The van der Waals surface area contributed by atoms with Gasteiger partial charge in [0.15, 0.2) is 0 Å². The highest BCUT2D eigenvalue weighted by Gasteiger charge is 2.30. The van der Waals surface area contributed by atoms with Gasteiger partial charge in [-0.05, 0) is 35.6 Å². The van der Waals surface area contributed by atoms with E-state index in [2.05, 4.69) is 28.1 Å². The number of hydrogen-bond acceptors (Lipinski definition) is 4. The van der Waals surface area contributed by atoms with E-state index in [1.807, 2.05) is 38.1 Å². The second-order valence-electron chi connectivity index (χ2n) is 7.50. The Labute approximate surface area is 172 Å². The standard InChI is InChI=1S/C23H29N3O3/c1-4-15(2)21(23(28)25-18-10-7-11-19(13-18)29-3)26-22(27)20-12-16-8-5-6-9-17(16)14-24-20/h5-11,13,15,20-21,24H,4,12,14H2,1-3H3,(H,25,28)(H,26,27)/t15?,20-,21-/m0/s1. The summed E-state index contributed by atoms with van der Waals surface area (Å²) in [5.41, 5.74) is 3.03. The fraction of sp³-hybridized carbons (Fsp3) is 0.391. The number of ether oxygens (including phenoxy) is 1. The molecule has 0 saturated heterocycles. The summed E-state index contributed by atoms with van der Waals surface area (Å²) in [7, 11) is 1.58. The van der Waals surface area contributed by atoms with Gasteiger partial charge in [0.25, 0.3) is 0 Å². The summed E-state index contributed by atoms with van der Waals surface area (Å²) in [6.07, 6.45) is 1.39. The van der Waals surface area contributed by atoms with E-state index in [1.54, 1.807) is 19.2 Å². The van der Waals surface area contributed by atoms with Crippen LogP contribution in [0.1, 0.15) is 31.4 Å². The maximum absolute atomic E-state index is 12.9. The molecule has 29 heavy (non-hydrogen) atoms.